The molecule has 0 fully saturated rings. The number of imidazole rings is 1. The third kappa shape index (κ3) is 1.46. The number of H-pyrrole nitrogens is 1. The van der Waals surface area contributed by atoms with Crippen molar-refractivity contribution in [2.75, 3.05) is 0 Å². The topological polar surface area (TPSA) is 59.6 Å². The summed E-state index contributed by atoms with van der Waals surface area (Å²) in [5.74, 6) is 0.898. The zero-order valence-corrected chi connectivity index (χ0v) is 10.6. The minimum absolute atomic E-state index is 0.456. The SMILES string of the molecule is Cc1[nH]c2ccccc2c1-c1cnc(CN)n1C. The van der Waals surface area contributed by atoms with Gasteiger partial charge in [-0.05, 0) is 13.0 Å². The highest BCUT2D eigenvalue weighted by Gasteiger charge is 2.14. The van der Waals surface area contributed by atoms with E-state index in [1.165, 1.54) is 10.9 Å². The number of aromatic amines is 1. The van der Waals surface area contributed by atoms with Crippen molar-refractivity contribution in [3.05, 3.63) is 42.0 Å². The van der Waals surface area contributed by atoms with Crippen LogP contribution >= 0.6 is 0 Å². The summed E-state index contributed by atoms with van der Waals surface area (Å²) < 4.78 is 2.06. The fourth-order valence-corrected chi connectivity index (χ4v) is 2.48. The summed E-state index contributed by atoms with van der Waals surface area (Å²) in [6, 6.07) is 8.31. The molecule has 4 nitrogen and oxygen atoms in total. The summed E-state index contributed by atoms with van der Waals surface area (Å²) in [4.78, 5) is 7.77. The van der Waals surface area contributed by atoms with Crippen LogP contribution in [0.2, 0.25) is 0 Å². The third-order valence-electron chi connectivity index (χ3n) is 3.42. The summed E-state index contributed by atoms with van der Waals surface area (Å²) in [7, 11) is 2.01. The van der Waals surface area contributed by atoms with Gasteiger partial charge in [-0.1, -0.05) is 18.2 Å². The van der Waals surface area contributed by atoms with Gasteiger partial charge < -0.3 is 15.3 Å². The zero-order chi connectivity index (χ0) is 12.7. The standard InChI is InChI=1S/C14H16N4/c1-9-14(10-5-3-4-6-11(10)17-9)12-8-16-13(7-15)18(12)2/h3-6,8,17H,7,15H2,1-2H3. The fraction of sp³-hybridized carbons (Fsp3) is 0.214. The molecule has 0 saturated carbocycles. The molecule has 2 aromatic heterocycles. The van der Waals surface area contributed by atoms with Gasteiger partial charge in [0, 0.05) is 29.2 Å². The van der Waals surface area contributed by atoms with Gasteiger partial charge in [0.25, 0.3) is 0 Å². The Hall–Kier alpha value is -2.07. The van der Waals surface area contributed by atoms with Crippen molar-refractivity contribution in [1.82, 2.24) is 14.5 Å². The number of fused-ring (bicyclic) bond motifs is 1. The smallest absolute Gasteiger partial charge is 0.122 e. The van der Waals surface area contributed by atoms with E-state index in [-0.39, 0.29) is 0 Å². The Bertz CT molecular complexity index is 706. The quantitative estimate of drug-likeness (QED) is 0.722. The predicted octanol–water partition coefficient (Wildman–Crippen LogP) is 2.34. The second-order valence-corrected chi connectivity index (χ2v) is 4.49. The Morgan fingerprint density at radius 3 is 2.83 bits per heavy atom. The average Bonchev–Trinajstić information content (AvgIpc) is 2.88. The molecule has 0 atom stereocenters. The molecule has 0 amide bonds. The lowest BCUT2D eigenvalue weighted by atomic mass is 10.1. The Kier molecular flexibility index (Phi) is 2.45. The van der Waals surface area contributed by atoms with Gasteiger partial charge in [-0.15, -0.1) is 0 Å². The fourth-order valence-electron chi connectivity index (χ4n) is 2.48. The molecular weight excluding hydrogens is 224 g/mol. The number of rotatable bonds is 2. The number of aryl methyl sites for hydroxylation is 1. The molecule has 3 N–H and O–H groups in total. The number of hydrogen-bond acceptors (Lipinski definition) is 2. The highest BCUT2D eigenvalue weighted by Crippen LogP contribution is 2.31. The maximum absolute atomic E-state index is 5.68. The molecular formula is C14H16N4. The van der Waals surface area contributed by atoms with E-state index in [0.717, 1.165) is 22.7 Å². The summed E-state index contributed by atoms with van der Waals surface area (Å²) in [6.45, 7) is 2.54. The Morgan fingerprint density at radius 1 is 1.33 bits per heavy atom. The highest BCUT2D eigenvalue weighted by atomic mass is 15.1. The van der Waals surface area contributed by atoms with Gasteiger partial charge in [0.2, 0.25) is 0 Å². The Morgan fingerprint density at radius 2 is 2.11 bits per heavy atom. The van der Waals surface area contributed by atoms with Crippen LogP contribution in [0.1, 0.15) is 11.5 Å². The summed E-state index contributed by atoms with van der Waals surface area (Å²) in [6.07, 6.45) is 1.89. The maximum Gasteiger partial charge on any atom is 0.122 e. The molecule has 0 spiro atoms. The van der Waals surface area contributed by atoms with Crippen LogP contribution in [0.25, 0.3) is 22.2 Å². The summed E-state index contributed by atoms with van der Waals surface area (Å²) in [5.41, 5.74) is 10.3. The number of benzene rings is 1. The molecule has 4 heteroatoms. The molecule has 3 aromatic rings. The second-order valence-electron chi connectivity index (χ2n) is 4.49. The van der Waals surface area contributed by atoms with Crippen molar-refractivity contribution in [2.45, 2.75) is 13.5 Å². The molecule has 2 heterocycles. The number of aromatic nitrogens is 3. The van der Waals surface area contributed by atoms with E-state index in [9.17, 15) is 0 Å². The van der Waals surface area contributed by atoms with E-state index >= 15 is 0 Å². The maximum atomic E-state index is 5.68. The van der Waals surface area contributed by atoms with Crippen LogP contribution < -0.4 is 5.73 Å². The number of para-hydroxylation sites is 1. The van der Waals surface area contributed by atoms with Crippen LogP contribution in [-0.4, -0.2) is 14.5 Å². The second kappa shape index (κ2) is 3.99. The van der Waals surface area contributed by atoms with Crippen molar-refractivity contribution in [1.29, 1.82) is 0 Å². The first-order valence-corrected chi connectivity index (χ1v) is 6.00. The van der Waals surface area contributed by atoms with E-state index in [0.29, 0.717) is 6.54 Å². The molecule has 0 saturated heterocycles. The van der Waals surface area contributed by atoms with Crippen LogP contribution in [0.4, 0.5) is 0 Å². The molecule has 18 heavy (non-hydrogen) atoms. The molecule has 0 bridgehead atoms. The van der Waals surface area contributed by atoms with Crippen molar-refractivity contribution >= 4 is 10.9 Å². The molecule has 1 aromatic carbocycles. The number of hydrogen-bond donors (Lipinski definition) is 2. The molecule has 0 radical (unpaired) electrons. The van der Waals surface area contributed by atoms with Gasteiger partial charge in [-0.25, -0.2) is 4.98 Å². The van der Waals surface area contributed by atoms with E-state index in [1.807, 2.05) is 19.3 Å². The first-order valence-electron chi connectivity index (χ1n) is 6.00. The van der Waals surface area contributed by atoms with Gasteiger partial charge in [-0.3, -0.25) is 0 Å². The van der Waals surface area contributed by atoms with E-state index in [2.05, 4.69) is 39.7 Å². The Balaban J connectivity index is 2.31. The normalized spacial score (nSPS) is 11.3. The van der Waals surface area contributed by atoms with Crippen molar-refractivity contribution < 1.29 is 0 Å². The van der Waals surface area contributed by atoms with Crippen molar-refractivity contribution in [3.63, 3.8) is 0 Å². The van der Waals surface area contributed by atoms with Gasteiger partial charge in [0.15, 0.2) is 0 Å². The van der Waals surface area contributed by atoms with Gasteiger partial charge in [0.1, 0.15) is 5.82 Å². The largest absolute Gasteiger partial charge is 0.358 e. The van der Waals surface area contributed by atoms with Crippen LogP contribution in [0.3, 0.4) is 0 Å². The van der Waals surface area contributed by atoms with Gasteiger partial charge in [0.05, 0.1) is 18.4 Å². The number of nitrogens with two attached hydrogens (primary N) is 1. The molecule has 92 valence electrons. The molecule has 0 aliphatic carbocycles. The monoisotopic (exact) mass is 240 g/mol. The molecule has 3 rings (SSSR count). The predicted molar refractivity (Wildman–Crippen MR) is 73.1 cm³/mol. The third-order valence-corrected chi connectivity index (χ3v) is 3.42. The van der Waals surface area contributed by atoms with E-state index in [4.69, 9.17) is 5.73 Å². The molecule has 0 aliphatic rings. The van der Waals surface area contributed by atoms with E-state index in [1.54, 1.807) is 0 Å². The highest BCUT2D eigenvalue weighted by molar-refractivity contribution is 5.96. The zero-order valence-electron chi connectivity index (χ0n) is 10.6. The lowest BCUT2D eigenvalue weighted by Crippen LogP contribution is -2.05. The minimum atomic E-state index is 0.456. The average molecular weight is 240 g/mol. The van der Waals surface area contributed by atoms with Crippen LogP contribution in [0.15, 0.2) is 30.5 Å². The lowest BCUT2D eigenvalue weighted by Gasteiger charge is -2.05. The van der Waals surface area contributed by atoms with Gasteiger partial charge in [-0.2, -0.15) is 0 Å². The van der Waals surface area contributed by atoms with Gasteiger partial charge >= 0.3 is 0 Å². The minimum Gasteiger partial charge on any atom is -0.358 e. The number of nitrogens with zero attached hydrogens (tertiary/aromatic N) is 2. The van der Waals surface area contributed by atoms with Crippen LogP contribution in [0.5, 0.6) is 0 Å². The molecule has 0 aliphatic heterocycles. The summed E-state index contributed by atoms with van der Waals surface area (Å²) >= 11 is 0. The first kappa shape index (κ1) is 11.0. The molecule has 0 unspecified atom stereocenters. The van der Waals surface area contributed by atoms with E-state index < -0.39 is 0 Å². The van der Waals surface area contributed by atoms with Crippen molar-refractivity contribution in [2.24, 2.45) is 12.8 Å². The Labute approximate surface area is 105 Å². The lowest BCUT2D eigenvalue weighted by molar-refractivity contribution is 0.799. The number of nitrogens with one attached hydrogen (secondary N) is 1. The summed E-state index contributed by atoms with van der Waals surface area (Å²) in [5, 5.41) is 1.22. The van der Waals surface area contributed by atoms with Crippen LogP contribution in [-0.2, 0) is 13.6 Å². The first-order chi connectivity index (χ1) is 8.72. The van der Waals surface area contributed by atoms with Crippen molar-refractivity contribution in [3.8, 4) is 11.3 Å². The van der Waals surface area contributed by atoms with Crippen LogP contribution in [0, 0.1) is 6.92 Å².